The molecule has 2 N–H and O–H groups in total. The molecule has 21 heavy (non-hydrogen) atoms. The van der Waals surface area contributed by atoms with Crippen LogP contribution in [0.4, 0.5) is 5.13 Å². The molecule has 2 heterocycles. The van der Waals surface area contributed by atoms with Crippen LogP contribution < -0.4 is 10.0 Å². The molecule has 1 aromatic rings. The summed E-state index contributed by atoms with van der Waals surface area (Å²) < 4.78 is 30.3. The van der Waals surface area contributed by atoms with Gasteiger partial charge < -0.3 is 10.1 Å². The monoisotopic (exact) mass is 333 g/mol. The molecule has 0 aliphatic carbocycles. The lowest BCUT2D eigenvalue weighted by Gasteiger charge is -2.18. The van der Waals surface area contributed by atoms with Gasteiger partial charge in [-0.3, -0.25) is 0 Å². The van der Waals surface area contributed by atoms with Crippen LogP contribution in [0.3, 0.4) is 0 Å². The van der Waals surface area contributed by atoms with Crippen molar-refractivity contribution in [2.75, 3.05) is 17.6 Å². The van der Waals surface area contributed by atoms with Crippen molar-refractivity contribution in [2.24, 2.45) is 0 Å². The minimum atomic E-state index is -3.11. The Morgan fingerprint density at radius 1 is 1.57 bits per heavy atom. The number of hydrogen-bond donors (Lipinski definition) is 2. The molecule has 0 radical (unpaired) electrons. The fraction of sp³-hybridized carbons (Fsp3) is 0.667. The Bertz CT molecular complexity index is 619. The van der Waals surface area contributed by atoms with Gasteiger partial charge in [-0.05, 0) is 27.2 Å². The van der Waals surface area contributed by atoms with Gasteiger partial charge in [-0.15, -0.1) is 0 Å². The number of esters is 1. The van der Waals surface area contributed by atoms with E-state index >= 15 is 0 Å². The first-order valence-corrected chi connectivity index (χ1v) is 9.04. The van der Waals surface area contributed by atoms with Crippen LogP contribution in [0.15, 0.2) is 6.20 Å². The second-order valence-electron chi connectivity index (χ2n) is 5.83. The maximum absolute atomic E-state index is 11.8. The molecule has 0 aromatic carbocycles. The first-order chi connectivity index (χ1) is 9.65. The molecule has 1 unspecified atom stereocenters. The minimum absolute atomic E-state index is 0.135. The molecule has 1 aliphatic heterocycles. The van der Waals surface area contributed by atoms with Crippen molar-refractivity contribution in [3.63, 3.8) is 0 Å². The van der Waals surface area contributed by atoms with E-state index in [0.717, 1.165) is 0 Å². The first-order valence-electron chi connectivity index (χ1n) is 6.58. The summed E-state index contributed by atoms with van der Waals surface area (Å²) in [7, 11) is -3.11. The van der Waals surface area contributed by atoms with E-state index in [-0.39, 0.29) is 11.8 Å². The van der Waals surface area contributed by atoms with E-state index in [4.69, 9.17) is 4.74 Å². The summed E-state index contributed by atoms with van der Waals surface area (Å²) >= 11 is 1.19. The van der Waals surface area contributed by atoms with E-state index in [2.05, 4.69) is 15.0 Å². The van der Waals surface area contributed by atoms with Crippen LogP contribution in [0.25, 0.3) is 0 Å². The van der Waals surface area contributed by atoms with E-state index in [0.29, 0.717) is 23.0 Å². The zero-order chi connectivity index (χ0) is 15.7. The molecule has 1 atom stereocenters. The lowest BCUT2D eigenvalue weighted by atomic mass is 10.2. The van der Waals surface area contributed by atoms with Crippen molar-refractivity contribution in [1.82, 2.24) is 9.71 Å². The summed E-state index contributed by atoms with van der Waals surface area (Å²) in [6, 6.07) is -0.135. The van der Waals surface area contributed by atoms with Gasteiger partial charge in [-0.1, -0.05) is 11.3 Å². The van der Waals surface area contributed by atoms with Gasteiger partial charge in [0.25, 0.3) is 0 Å². The third-order valence-electron chi connectivity index (χ3n) is 2.69. The van der Waals surface area contributed by atoms with Crippen molar-refractivity contribution in [2.45, 2.75) is 38.8 Å². The smallest absolute Gasteiger partial charge is 0.350 e. The third-order valence-corrected chi connectivity index (χ3v) is 5.09. The van der Waals surface area contributed by atoms with E-state index in [9.17, 15) is 13.2 Å². The van der Waals surface area contributed by atoms with Crippen molar-refractivity contribution in [1.29, 1.82) is 0 Å². The molecular weight excluding hydrogens is 314 g/mol. The summed E-state index contributed by atoms with van der Waals surface area (Å²) in [5.41, 5.74) is -0.545. The average molecular weight is 333 g/mol. The molecule has 0 amide bonds. The van der Waals surface area contributed by atoms with Gasteiger partial charge in [-0.2, -0.15) is 0 Å². The summed E-state index contributed by atoms with van der Waals surface area (Å²) in [5.74, 6) is -0.255. The maximum atomic E-state index is 11.8. The second-order valence-corrected chi connectivity index (χ2v) is 8.74. The Balaban J connectivity index is 1.88. The van der Waals surface area contributed by atoms with Crippen LogP contribution in [-0.4, -0.2) is 43.3 Å². The third kappa shape index (κ3) is 4.94. The highest BCUT2D eigenvalue weighted by Gasteiger charge is 2.26. The number of rotatable bonds is 4. The molecule has 1 aromatic heterocycles. The van der Waals surface area contributed by atoms with E-state index in [1.165, 1.54) is 17.5 Å². The number of nitrogens with one attached hydrogen (secondary N) is 2. The Morgan fingerprint density at radius 2 is 2.29 bits per heavy atom. The molecule has 2 rings (SSSR count). The van der Waals surface area contributed by atoms with Crippen molar-refractivity contribution in [3.8, 4) is 0 Å². The van der Waals surface area contributed by atoms with Gasteiger partial charge in [0.1, 0.15) is 10.5 Å². The number of anilines is 1. The lowest BCUT2D eigenvalue weighted by molar-refractivity contribution is 0.00749. The predicted octanol–water partition coefficient (Wildman–Crippen LogP) is 1.20. The second kappa shape index (κ2) is 5.90. The fourth-order valence-electron chi connectivity index (χ4n) is 1.80. The number of thiazole rings is 1. The van der Waals surface area contributed by atoms with Crippen LogP contribution in [-0.2, 0) is 14.8 Å². The van der Waals surface area contributed by atoms with Gasteiger partial charge in [-0.25, -0.2) is 22.9 Å². The number of carbonyl (C=O) groups excluding carboxylic acids is 1. The number of sulfonamides is 1. The highest BCUT2D eigenvalue weighted by Crippen LogP contribution is 2.21. The standard InChI is InChI=1S/C12H19N3O4S2/c1-12(2,3)19-10(16)9-7-14-11(20-9)13-6-8-4-5-21(17,18)15-8/h7-8,15H,4-6H2,1-3H3,(H,13,14). The fourth-order valence-corrected chi connectivity index (χ4v) is 3.92. The molecule has 118 valence electrons. The number of hydrogen-bond acceptors (Lipinski definition) is 7. The minimum Gasteiger partial charge on any atom is -0.456 e. The molecule has 0 bridgehead atoms. The normalized spacial score (nSPS) is 21.2. The largest absolute Gasteiger partial charge is 0.456 e. The molecule has 0 saturated carbocycles. The van der Waals surface area contributed by atoms with Gasteiger partial charge in [0, 0.05) is 12.6 Å². The molecule has 0 spiro atoms. The molecule has 1 aliphatic rings. The maximum Gasteiger partial charge on any atom is 0.350 e. The van der Waals surface area contributed by atoms with Crippen molar-refractivity contribution in [3.05, 3.63) is 11.1 Å². The number of carbonyl (C=O) groups is 1. The Labute approximate surface area is 128 Å². The Morgan fingerprint density at radius 3 is 2.86 bits per heavy atom. The van der Waals surface area contributed by atoms with Gasteiger partial charge in [0.2, 0.25) is 10.0 Å². The van der Waals surface area contributed by atoms with Crippen LogP contribution in [0.2, 0.25) is 0 Å². The van der Waals surface area contributed by atoms with E-state index in [1.807, 2.05) is 0 Å². The van der Waals surface area contributed by atoms with E-state index in [1.54, 1.807) is 20.8 Å². The molecule has 9 heteroatoms. The highest BCUT2D eigenvalue weighted by molar-refractivity contribution is 7.89. The summed E-state index contributed by atoms with van der Waals surface area (Å²) in [6.45, 7) is 5.85. The number of aromatic nitrogens is 1. The summed E-state index contributed by atoms with van der Waals surface area (Å²) in [4.78, 5) is 16.4. The number of ether oxygens (including phenoxy) is 1. The van der Waals surface area contributed by atoms with Crippen molar-refractivity contribution >= 4 is 32.5 Å². The zero-order valence-corrected chi connectivity index (χ0v) is 13.8. The first kappa shape index (κ1) is 16.2. The average Bonchev–Trinajstić information content (AvgIpc) is 2.91. The number of nitrogens with zero attached hydrogens (tertiary/aromatic N) is 1. The van der Waals surface area contributed by atoms with Crippen LogP contribution in [0.1, 0.15) is 36.9 Å². The molecule has 7 nitrogen and oxygen atoms in total. The molecule has 1 saturated heterocycles. The molecular formula is C12H19N3O4S2. The summed E-state index contributed by atoms with van der Waals surface area (Å²) in [5, 5.41) is 3.61. The summed E-state index contributed by atoms with van der Waals surface area (Å²) in [6.07, 6.45) is 2.03. The van der Waals surface area contributed by atoms with Gasteiger partial charge in [0.15, 0.2) is 5.13 Å². The van der Waals surface area contributed by atoms with Gasteiger partial charge in [0.05, 0.1) is 11.9 Å². The quantitative estimate of drug-likeness (QED) is 0.804. The van der Waals surface area contributed by atoms with Crippen LogP contribution >= 0.6 is 11.3 Å². The van der Waals surface area contributed by atoms with E-state index < -0.39 is 21.6 Å². The topological polar surface area (TPSA) is 97.4 Å². The lowest BCUT2D eigenvalue weighted by Crippen LogP contribution is -2.31. The van der Waals surface area contributed by atoms with Crippen LogP contribution in [0.5, 0.6) is 0 Å². The Kier molecular flexibility index (Phi) is 4.54. The zero-order valence-electron chi connectivity index (χ0n) is 12.2. The van der Waals surface area contributed by atoms with Crippen molar-refractivity contribution < 1.29 is 17.9 Å². The highest BCUT2D eigenvalue weighted by atomic mass is 32.2. The van der Waals surface area contributed by atoms with Crippen LogP contribution in [0, 0.1) is 0 Å². The SMILES string of the molecule is CC(C)(C)OC(=O)c1cnc(NCC2CCS(=O)(=O)N2)s1. The molecule has 1 fully saturated rings. The predicted molar refractivity (Wildman–Crippen MR) is 81.1 cm³/mol. The van der Waals surface area contributed by atoms with Gasteiger partial charge >= 0.3 is 5.97 Å². The Hall–Kier alpha value is -1.19.